The summed E-state index contributed by atoms with van der Waals surface area (Å²) in [6.45, 7) is 7.48. The van der Waals surface area contributed by atoms with E-state index in [2.05, 4.69) is 0 Å². The van der Waals surface area contributed by atoms with Gasteiger partial charge in [0.15, 0.2) is 0 Å². The number of aliphatic hydroxyl groups excluding tert-OH is 1. The molecule has 6 heteroatoms. The van der Waals surface area contributed by atoms with Gasteiger partial charge in [-0.25, -0.2) is 4.79 Å². The number of rotatable bonds is 2. The van der Waals surface area contributed by atoms with Gasteiger partial charge in [-0.3, -0.25) is 4.79 Å². The summed E-state index contributed by atoms with van der Waals surface area (Å²) < 4.78 is 12.0. The van der Waals surface area contributed by atoms with Gasteiger partial charge in [-0.05, 0) is 44.7 Å². The Kier molecular flexibility index (Phi) is 3.50. The van der Waals surface area contributed by atoms with Gasteiger partial charge >= 0.3 is 5.97 Å². The van der Waals surface area contributed by atoms with Crippen molar-refractivity contribution in [2.24, 2.45) is 22.2 Å². The predicted octanol–water partition coefficient (Wildman–Crippen LogP) is 2.39. The number of aryl methyl sites for hydroxylation is 1. The van der Waals surface area contributed by atoms with E-state index in [4.69, 9.17) is 9.47 Å². The summed E-state index contributed by atoms with van der Waals surface area (Å²) in [6.07, 6.45) is -0.0135. The molecule has 4 bridgehead atoms. The summed E-state index contributed by atoms with van der Waals surface area (Å²) in [5.41, 5.74) is -3.28. The van der Waals surface area contributed by atoms with Crippen molar-refractivity contribution in [3.05, 3.63) is 35.4 Å². The second-order valence-electron chi connectivity index (χ2n) is 10.0. The van der Waals surface area contributed by atoms with E-state index in [-0.39, 0.29) is 24.7 Å². The van der Waals surface area contributed by atoms with E-state index in [1.54, 1.807) is 31.2 Å². The maximum atomic E-state index is 13.5. The molecule has 4 saturated carbocycles. The number of ether oxygens (including phenoxy) is 2. The number of fused-ring (bicyclic) bond motifs is 1. The molecule has 7 atom stereocenters. The fourth-order valence-corrected chi connectivity index (χ4v) is 7.19. The second kappa shape index (κ2) is 5.29. The Bertz CT molecular complexity index is 926. The fraction of sp³-hybridized carbons (Fsp3) is 0.652. The third-order valence-corrected chi connectivity index (χ3v) is 9.27. The molecule has 0 amide bonds. The number of hydrogen-bond donors (Lipinski definition) is 2. The molecule has 1 aromatic rings. The molecule has 7 unspecified atom stereocenters. The molecule has 29 heavy (non-hydrogen) atoms. The molecule has 4 aliphatic carbocycles. The highest BCUT2D eigenvalue weighted by molar-refractivity contribution is 5.94. The Morgan fingerprint density at radius 2 is 1.90 bits per heavy atom. The Hall–Kier alpha value is -1.76. The van der Waals surface area contributed by atoms with E-state index in [9.17, 15) is 19.8 Å². The van der Waals surface area contributed by atoms with Gasteiger partial charge in [0, 0.05) is 17.3 Å². The Morgan fingerprint density at radius 1 is 1.24 bits per heavy atom. The number of carbonyl (C=O) groups excluding carboxylic acids is 2. The van der Waals surface area contributed by atoms with Crippen LogP contribution in [0.25, 0.3) is 0 Å². The van der Waals surface area contributed by atoms with Crippen LogP contribution in [0.3, 0.4) is 0 Å². The van der Waals surface area contributed by atoms with Gasteiger partial charge in [-0.2, -0.15) is 0 Å². The van der Waals surface area contributed by atoms with E-state index in [1.807, 2.05) is 20.8 Å². The largest absolute Gasteiger partial charge is 0.425 e. The van der Waals surface area contributed by atoms with Crippen LogP contribution < -0.4 is 0 Å². The number of benzene rings is 1. The first-order valence-electron chi connectivity index (χ1n) is 10.4. The molecule has 1 aromatic carbocycles. The average Bonchev–Trinajstić information content (AvgIpc) is 3.07. The first-order valence-corrected chi connectivity index (χ1v) is 10.4. The lowest BCUT2D eigenvalue weighted by molar-refractivity contribution is -0.366. The van der Waals surface area contributed by atoms with Crippen molar-refractivity contribution in [3.8, 4) is 0 Å². The van der Waals surface area contributed by atoms with Crippen molar-refractivity contribution in [1.82, 2.24) is 0 Å². The van der Waals surface area contributed by atoms with Gasteiger partial charge in [0.05, 0.1) is 17.8 Å². The lowest BCUT2D eigenvalue weighted by atomic mass is 9.35. The Labute approximate surface area is 170 Å². The topological polar surface area (TPSA) is 93.1 Å². The van der Waals surface area contributed by atoms with Crippen LogP contribution in [0.4, 0.5) is 0 Å². The predicted molar refractivity (Wildman–Crippen MR) is 103 cm³/mol. The minimum absolute atomic E-state index is 0.0540. The SMILES string of the molecule is Cc1ccc(C(=O)OC23OCC4(C)C5(O)CCC(C)C5(CC(=O)C24C)C3O)cc1. The zero-order chi connectivity index (χ0) is 21.0. The number of carbonyl (C=O) groups is 2. The van der Waals surface area contributed by atoms with Crippen molar-refractivity contribution >= 4 is 11.8 Å². The zero-order valence-electron chi connectivity index (χ0n) is 17.3. The van der Waals surface area contributed by atoms with E-state index in [1.165, 1.54) is 0 Å². The summed E-state index contributed by atoms with van der Waals surface area (Å²) in [7, 11) is 0. The summed E-state index contributed by atoms with van der Waals surface area (Å²) in [6, 6.07) is 6.93. The van der Waals surface area contributed by atoms with Crippen LogP contribution in [0.1, 0.15) is 56.0 Å². The normalized spacial score (nSPS) is 49.9. The molecule has 6 rings (SSSR count). The molecule has 1 spiro atoms. The van der Waals surface area contributed by atoms with Crippen LogP contribution in [-0.4, -0.2) is 46.1 Å². The van der Waals surface area contributed by atoms with Crippen LogP contribution in [-0.2, 0) is 14.3 Å². The molecule has 1 aliphatic heterocycles. The number of Topliss-reactive ketones (excluding diaryl/α,β-unsaturated/α-hetero) is 1. The minimum Gasteiger partial charge on any atom is -0.425 e. The Morgan fingerprint density at radius 3 is 2.55 bits per heavy atom. The summed E-state index contributed by atoms with van der Waals surface area (Å²) >= 11 is 0. The molecule has 156 valence electrons. The summed E-state index contributed by atoms with van der Waals surface area (Å²) in [5, 5.41) is 23.6. The molecule has 6 nitrogen and oxygen atoms in total. The van der Waals surface area contributed by atoms with Gasteiger partial charge in [0.25, 0.3) is 5.79 Å². The Balaban J connectivity index is 1.67. The molecular formula is C23H28O6. The van der Waals surface area contributed by atoms with E-state index >= 15 is 0 Å². The fourth-order valence-electron chi connectivity index (χ4n) is 7.19. The zero-order valence-corrected chi connectivity index (χ0v) is 17.3. The average molecular weight is 400 g/mol. The van der Waals surface area contributed by atoms with Crippen molar-refractivity contribution in [1.29, 1.82) is 0 Å². The number of aliphatic hydroxyl groups is 2. The van der Waals surface area contributed by atoms with Crippen LogP contribution in [0.2, 0.25) is 0 Å². The third-order valence-electron chi connectivity index (χ3n) is 9.27. The highest BCUT2D eigenvalue weighted by atomic mass is 16.7. The molecule has 1 heterocycles. The van der Waals surface area contributed by atoms with Gasteiger partial charge in [-0.1, -0.05) is 31.5 Å². The van der Waals surface area contributed by atoms with Gasteiger partial charge in [-0.15, -0.1) is 0 Å². The number of hydrogen-bond acceptors (Lipinski definition) is 6. The summed E-state index contributed by atoms with van der Waals surface area (Å²) in [5.74, 6) is -2.66. The van der Waals surface area contributed by atoms with Crippen LogP contribution >= 0.6 is 0 Å². The standard InChI is InChI=1S/C23H28O6/c1-13-5-7-15(8-6-13)17(25)29-23-18(26)21-11-16(24)20(23,4)19(3,12-28-23)22(21,27)10-9-14(21)2/h5-8,14,18,26-27H,9-12H2,1-4H3. The monoisotopic (exact) mass is 400 g/mol. The second-order valence-corrected chi connectivity index (χ2v) is 10.0. The van der Waals surface area contributed by atoms with Gasteiger partial charge in [0.1, 0.15) is 17.3 Å². The highest BCUT2D eigenvalue weighted by Crippen LogP contribution is 2.80. The molecule has 5 aliphatic rings. The van der Waals surface area contributed by atoms with Crippen LogP contribution in [0.15, 0.2) is 24.3 Å². The van der Waals surface area contributed by atoms with Crippen LogP contribution in [0, 0.1) is 29.1 Å². The van der Waals surface area contributed by atoms with E-state index in [0.717, 1.165) is 5.56 Å². The lowest BCUT2D eigenvalue weighted by Crippen LogP contribution is -2.84. The summed E-state index contributed by atoms with van der Waals surface area (Å²) in [4.78, 5) is 26.5. The minimum atomic E-state index is -1.80. The van der Waals surface area contributed by atoms with Gasteiger partial charge in [0.2, 0.25) is 0 Å². The van der Waals surface area contributed by atoms with Crippen molar-refractivity contribution in [2.75, 3.05) is 6.61 Å². The van der Waals surface area contributed by atoms with Crippen molar-refractivity contribution < 1.29 is 29.3 Å². The molecule has 0 radical (unpaired) electrons. The first kappa shape index (κ1) is 19.2. The first-order chi connectivity index (χ1) is 13.5. The molecule has 2 N–H and O–H groups in total. The van der Waals surface area contributed by atoms with Gasteiger partial charge < -0.3 is 19.7 Å². The van der Waals surface area contributed by atoms with Crippen molar-refractivity contribution in [3.63, 3.8) is 0 Å². The lowest BCUT2D eigenvalue weighted by Gasteiger charge is -2.70. The third kappa shape index (κ3) is 1.70. The van der Waals surface area contributed by atoms with E-state index < -0.39 is 39.7 Å². The number of esters is 1. The number of ketones is 1. The quantitative estimate of drug-likeness (QED) is 0.741. The molecular weight excluding hydrogens is 372 g/mol. The maximum Gasteiger partial charge on any atom is 0.340 e. The van der Waals surface area contributed by atoms with Crippen molar-refractivity contribution in [2.45, 2.75) is 64.4 Å². The smallest absolute Gasteiger partial charge is 0.340 e. The molecule has 0 aromatic heterocycles. The van der Waals surface area contributed by atoms with Crippen LogP contribution in [0.5, 0.6) is 0 Å². The molecule has 5 fully saturated rings. The highest BCUT2D eigenvalue weighted by Gasteiger charge is 2.93. The van der Waals surface area contributed by atoms with E-state index in [0.29, 0.717) is 18.4 Å². The maximum absolute atomic E-state index is 13.5. The molecule has 1 saturated heterocycles.